The molecular formula is C13H19ClN2O3. The minimum atomic E-state index is -0.770. The van der Waals surface area contributed by atoms with Crippen LogP contribution < -0.4 is 11.1 Å². The first-order valence-electron chi connectivity index (χ1n) is 6.10. The SMILES string of the molecule is NC1CCNCC1O.O=C(Cl)OCc1ccccc1. The number of carbonyl (C=O) groups is 1. The highest BCUT2D eigenvalue weighted by molar-refractivity contribution is 6.61. The Kier molecular flexibility index (Phi) is 7.43. The van der Waals surface area contributed by atoms with Crippen molar-refractivity contribution in [2.45, 2.75) is 25.2 Å². The van der Waals surface area contributed by atoms with E-state index in [-0.39, 0.29) is 18.8 Å². The molecule has 0 radical (unpaired) electrons. The number of aliphatic hydroxyl groups is 1. The highest BCUT2D eigenvalue weighted by Crippen LogP contribution is 2.01. The fourth-order valence-electron chi connectivity index (χ4n) is 1.58. The molecule has 6 heteroatoms. The number of nitrogens with one attached hydrogen (secondary N) is 1. The normalized spacial score (nSPS) is 22.1. The van der Waals surface area contributed by atoms with Crippen molar-refractivity contribution >= 4 is 17.0 Å². The summed E-state index contributed by atoms with van der Waals surface area (Å²) in [6.07, 6.45) is 0.560. The molecule has 0 saturated carbocycles. The van der Waals surface area contributed by atoms with E-state index in [1.807, 2.05) is 30.3 Å². The van der Waals surface area contributed by atoms with E-state index >= 15 is 0 Å². The number of aliphatic hydroxyl groups excluding tert-OH is 1. The number of hydrogen-bond donors (Lipinski definition) is 3. The maximum absolute atomic E-state index is 10.2. The summed E-state index contributed by atoms with van der Waals surface area (Å²) in [6, 6.07) is 9.36. The third kappa shape index (κ3) is 7.12. The van der Waals surface area contributed by atoms with Crippen LogP contribution in [0.4, 0.5) is 4.79 Å². The molecule has 1 aromatic rings. The summed E-state index contributed by atoms with van der Waals surface area (Å²) in [7, 11) is 0. The first-order chi connectivity index (χ1) is 9.09. The molecule has 1 saturated heterocycles. The summed E-state index contributed by atoms with van der Waals surface area (Å²) < 4.78 is 4.55. The van der Waals surface area contributed by atoms with Crippen LogP contribution in [0.1, 0.15) is 12.0 Å². The predicted molar refractivity (Wildman–Crippen MR) is 73.9 cm³/mol. The number of nitrogens with two attached hydrogens (primary N) is 1. The number of carbonyl (C=O) groups excluding carboxylic acids is 1. The van der Waals surface area contributed by atoms with E-state index < -0.39 is 5.43 Å². The number of rotatable bonds is 2. The number of hydrogen-bond acceptors (Lipinski definition) is 5. The van der Waals surface area contributed by atoms with E-state index in [1.54, 1.807) is 0 Å². The minimum Gasteiger partial charge on any atom is -0.449 e. The lowest BCUT2D eigenvalue weighted by Gasteiger charge is -2.24. The van der Waals surface area contributed by atoms with Crippen molar-refractivity contribution in [3.63, 3.8) is 0 Å². The number of ether oxygens (including phenoxy) is 1. The summed E-state index contributed by atoms with van der Waals surface area (Å²) in [5.74, 6) is 0. The molecular weight excluding hydrogens is 268 g/mol. The van der Waals surface area contributed by atoms with Crippen molar-refractivity contribution in [3.8, 4) is 0 Å². The Balaban J connectivity index is 0.000000200. The van der Waals surface area contributed by atoms with Gasteiger partial charge in [0.15, 0.2) is 0 Å². The summed E-state index contributed by atoms with van der Waals surface area (Å²) in [6.45, 7) is 1.84. The fraction of sp³-hybridized carbons (Fsp3) is 0.462. The molecule has 2 rings (SSSR count). The molecule has 4 N–H and O–H groups in total. The molecule has 1 aliphatic rings. The third-order valence-corrected chi connectivity index (χ3v) is 2.81. The van der Waals surface area contributed by atoms with Gasteiger partial charge >= 0.3 is 5.43 Å². The van der Waals surface area contributed by atoms with Crippen molar-refractivity contribution in [1.29, 1.82) is 0 Å². The van der Waals surface area contributed by atoms with Crippen molar-refractivity contribution in [2.24, 2.45) is 5.73 Å². The number of halogens is 1. The zero-order valence-electron chi connectivity index (χ0n) is 10.6. The van der Waals surface area contributed by atoms with Gasteiger partial charge in [-0.2, -0.15) is 0 Å². The van der Waals surface area contributed by atoms with Crippen molar-refractivity contribution in [1.82, 2.24) is 5.32 Å². The summed E-state index contributed by atoms with van der Waals surface area (Å²) in [5.41, 5.74) is 5.65. The van der Waals surface area contributed by atoms with E-state index in [9.17, 15) is 4.79 Å². The molecule has 0 spiro atoms. The average molecular weight is 287 g/mol. The summed E-state index contributed by atoms with van der Waals surface area (Å²) in [5, 5.41) is 12.0. The van der Waals surface area contributed by atoms with Gasteiger partial charge in [-0.25, -0.2) is 4.79 Å². The van der Waals surface area contributed by atoms with E-state index in [0.29, 0.717) is 6.54 Å². The Morgan fingerprint density at radius 2 is 2.16 bits per heavy atom. The minimum absolute atomic E-state index is 0.00347. The smallest absolute Gasteiger partial charge is 0.404 e. The van der Waals surface area contributed by atoms with Crippen LogP contribution in [0.15, 0.2) is 30.3 Å². The molecule has 0 bridgehead atoms. The molecule has 0 amide bonds. The van der Waals surface area contributed by atoms with Gasteiger partial charge in [0.1, 0.15) is 6.61 Å². The molecule has 1 aliphatic heterocycles. The molecule has 0 aliphatic carbocycles. The topological polar surface area (TPSA) is 84.6 Å². The van der Waals surface area contributed by atoms with Crippen molar-refractivity contribution in [2.75, 3.05) is 13.1 Å². The van der Waals surface area contributed by atoms with Gasteiger partial charge in [-0.15, -0.1) is 0 Å². The van der Waals surface area contributed by atoms with E-state index in [4.69, 9.17) is 22.4 Å². The van der Waals surface area contributed by atoms with Crippen molar-refractivity contribution in [3.05, 3.63) is 35.9 Å². The van der Waals surface area contributed by atoms with Gasteiger partial charge in [-0.05, 0) is 18.5 Å². The zero-order chi connectivity index (χ0) is 14.1. The molecule has 5 nitrogen and oxygen atoms in total. The fourth-order valence-corrected chi connectivity index (χ4v) is 1.63. The van der Waals surface area contributed by atoms with E-state index in [1.165, 1.54) is 0 Å². The van der Waals surface area contributed by atoms with E-state index in [2.05, 4.69) is 10.1 Å². The second kappa shape index (κ2) is 8.87. The lowest BCUT2D eigenvalue weighted by Crippen LogP contribution is -2.48. The Bertz CT molecular complexity index is 365. The molecule has 0 aromatic heterocycles. The van der Waals surface area contributed by atoms with Crippen LogP contribution in [-0.2, 0) is 11.3 Å². The Morgan fingerprint density at radius 1 is 1.47 bits per heavy atom. The maximum atomic E-state index is 10.2. The Labute approximate surface area is 117 Å². The molecule has 2 atom stereocenters. The monoisotopic (exact) mass is 286 g/mol. The largest absolute Gasteiger partial charge is 0.449 e. The second-order valence-electron chi connectivity index (χ2n) is 4.24. The lowest BCUT2D eigenvalue weighted by atomic mass is 10.1. The first kappa shape index (κ1) is 15.9. The summed E-state index contributed by atoms with van der Waals surface area (Å²) >= 11 is 4.97. The lowest BCUT2D eigenvalue weighted by molar-refractivity contribution is 0.120. The molecule has 19 heavy (non-hydrogen) atoms. The maximum Gasteiger partial charge on any atom is 0.404 e. The third-order valence-electron chi connectivity index (χ3n) is 2.70. The number of β-amino-alcohol motifs (C(OH)–C–C–N with tert-alkyl or cyclic N) is 1. The highest BCUT2D eigenvalue weighted by Gasteiger charge is 2.17. The molecule has 1 fully saturated rings. The van der Waals surface area contributed by atoms with Crippen molar-refractivity contribution < 1.29 is 14.6 Å². The average Bonchev–Trinajstić information content (AvgIpc) is 2.42. The van der Waals surface area contributed by atoms with Crippen LogP contribution >= 0.6 is 11.6 Å². The Hall–Kier alpha value is -1.14. The Morgan fingerprint density at radius 3 is 2.63 bits per heavy atom. The molecule has 2 unspecified atom stereocenters. The van der Waals surface area contributed by atoms with Crippen LogP contribution in [0.5, 0.6) is 0 Å². The number of piperidine rings is 1. The second-order valence-corrected chi connectivity index (χ2v) is 4.54. The molecule has 1 heterocycles. The van der Waals surface area contributed by atoms with Crippen LogP contribution in [0.2, 0.25) is 0 Å². The van der Waals surface area contributed by atoms with Gasteiger partial charge in [0, 0.05) is 24.2 Å². The van der Waals surface area contributed by atoms with Crippen LogP contribution in [0.3, 0.4) is 0 Å². The van der Waals surface area contributed by atoms with Crippen LogP contribution in [0, 0.1) is 0 Å². The highest BCUT2D eigenvalue weighted by atomic mass is 35.5. The van der Waals surface area contributed by atoms with Gasteiger partial charge in [0.2, 0.25) is 0 Å². The molecule has 1 aromatic carbocycles. The van der Waals surface area contributed by atoms with Gasteiger partial charge in [-0.1, -0.05) is 30.3 Å². The predicted octanol–water partition coefficient (Wildman–Crippen LogP) is 1.23. The first-order valence-corrected chi connectivity index (χ1v) is 6.48. The van der Waals surface area contributed by atoms with E-state index in [0.717, 1.165) is 18.5 Å². The van der Waals surface area contributed by atoms with Gasteiger partial charge < -0.3 is 20.9 Å². The summed E-state index contributed by atoms with van der Waals surface area (Å²) in [4.78, 5) is 10.2. The number of benzene rings is 1. The molecule has 106 valence electrons. The quantitative estimate of drug-likeness (QED) is 0.712. The standard InChI is InChI=1S/C8H7ClO2.C5H12N2O/c9-8(10)11-6-7-4-2-1-3-5-7;6-4-1-2-7-3-5(4)8/h1-5H,6H2;4-5,7-8H,1-3,6H2. The zero-order valence-corrected chi connectivity index (χ0v) is 11.3. The van der Waals surface area contributed by atoms with Crippen LogP contribution in [-0.4, -0.2) is 35.8 Å². The van der Waals surface area contributed by atoms with Gasteiger partial charge in [0.25, 0.3) is 0 Å². The van der Waals surface area contributed by atoms with Crippen LogP contribution in [0.25, 0.3) is 0 Å². The van der Waals surface area contributed by atoms with Gasteiger partial charge in [0.05, 0.1) is 6.10 Å². The van der Waals surface area contributed by atoms with Gasteiger partial charge in [-0.3, -0.25) is 0 Å².